The van der Waals surface area contributed by atoms with E-state index in [1.54, 1.807) is 18.2 Å². The van der Waals surface area contributed by atoms with Crippen molar-refractivity contribution in [3.05, 3.63) is 59.2 Å². The number of aromatic hydroxyl groups is 1. The molecule has 5 nitrogen and oxygen atoms in total. The Bertz CT molecular complexity index is 659. The Balaban J connectivity index is 2.45. The number of amides is 1. The Morgan fingerprint density at radius 2 is 2.06 bits per heavy atom. The number of nitrogens with zero attached hydrogens (tertiary/aromatic N) is 2. The molecule has 0 saturated carbocycles. The van der Waals surface area contributed by atoms with Gasteiger partial charge in [0, 0.05) is 6.20 Å². The van der Waals surface area contributed by atoms with Gasteiger partial charge in [-0.25, -0.2) is 0 Å². The summed E-state index contributed by atoms with van der Waals surface area (Å²) in [6.07, 6.45) is 1.36. The van der Waals surface area contributed by atoms with Crippen molar-refractivity contribution in [3.8, 4) is 5.75 Å². The highest BCUT2D eigenvalue weighted by atomic mass is 16.5. The van der Waals surface area contributed by atoms with Crippen molar-refractivity contribution in [1.82, 2.24) is 4.73 Å². The van der Waals surface area contributed by atoms with Crippen molar-refractivity contribution >= 4 is 5.91 Å². The fourth-order valence-corrected chi connectivity index (χ4v) is 1.50. The smallest absolute Gasteiger partial charge is 0.282 e. The Labute approximate surface area is 103 Å². The van der Waals surface area contributed by atoms with E-state index in [4.69, 9.17) is 0 Å². The lowest BCUT2D eigenvalue weighted by molar-refractivity contribution is 0.0985. The molecule has 5 heteroatoms. The zero-order valence-electron chi connectivity index (χ0n) is 9.74. The molecule has 2 aromatic rings. The van der Waals surface area contributed by atoms with Gasteiger partial charge in [-0.05, 0) is 36.8 Å². The first-order valence-electron chi connectivity index (χ1n) is 5.33. The Morgan fingerprint density at radius 1 is 1.28 bits per heavy atom. The molecule has 0 unspecified atom stereocenters. The molecule has 92 valence electrons. The summed E-state index contributed by atoms with van der Waals surface area (Å²) in [5.41, 5.74) is 1.05. The van der Waals surface area contributed by atoms with Gasteiger partial charge in [-0.15, -0.1) is 0 Å². The van der Waals surface area contributed by atoms with Crippen LogP contribution in [0.3, 0.4) is 0 Å². The van der Waals surface area contributed by atoms with Crippen LogP contribution in [0.25, 0.3) is 0 Å². The topological polar surface area (TPSA) is 74.8 Å². The van der Waals surface area contributed by atoms with Crippen molar-refractivity contribution in [2.24, 2.45) is 4.99 Å². The van der Waals surface area contributed by atoms with Crippen LogP contribution in [0.1, 0.15) is 15.9 Å². The van der Waals surface area contributed by atoms with Gasteiger partial charge in [-0.1, -0.05) is 12.1 Å². The number of hydrogen-bond acceptors (Lipinski definition) is 3. The minimum Gasteiger partial charge on any atom is -0.507 e. The van der Waals surface area contributed by atoms with E-state index >= 15 is 0 Å². The summed E-state index contributed by atoms with van der Waals surface area (Å²) in [5, 5.41) is 19.1. The van der Waals surface area contributed by atoms with Gasteiger partial charge in [0.1, 0.15) is 5.75 Å². The Morgan fingerprint density at radius 3 is 2.72 bits per heavy atom. The second-order valence-electron chi connectivity index (χ2n) is 3.84. The van der Waals surface area contributed by atoms with E-state index in [2.05, 4.69) is 4.99 Å². The van der Waals surface area contributed by atoms with Crippen LogP contribution in [0, 0.1) is 6.92 Å². The number of phenols is 1. The summed E-state index contributed by atoms with van der Waals surface area (Å²) in [6, 6.07) is 9.44. The maximum Gasteiger partial charge on any atom is 0.282 e. The standard InChI is InChI=1S/C13H12N2O3/c1-9-5-6-10(11(16)8-9)13(17)14-12-4-2-3-7-15(12)18/h2-8,16,18H,1H3. The van der Waals surface area contributed by atoms with Crippen LogP contribution in [0.2, 0.25) is 0 Å². The van der Waals surface area contributed by atoms with E-state index in [9.17, 15) is 15.1 Å². The van der Waals surface area contributed by atoms with E-state index in [0.29, 0.717) is 0 Å². The Hall–Kier alpha value is -2.56. The monoisotopic (exact) mass is 244 g/mol. The van der Waals surface area contributed by atoms with Crippen LogP contribution in [0.4, 0.5) is 0 Å². The minimum atomic E-state index is -0.610. The van der Waals surface area contributed by atoms with Gasteiger partial charge < -0.3 is 10.3 Å². The van der Waals surface area contributed by atoms with Crippen molar-refractivity contribution in [1.29, 1.82) is 0 Å². The predicted molar refractivity (Wildman–Crippen MR) is 64.4 cm³/mol. The molecule has 2 rings (SSSR count). The first kappa shape index (κ1) is 11.9. The molecule has 0 radical (unpaired) electrons. The first-order valence-corrected chi connectivity index (χ1v) is 5.33. The van der Waals surface area contributed by atoms with E-state index < -0.39 is 5.91 Å². The summed E-state index contributed by atoms with van der Waals surface area (Å²) in [4.78, 5) is 15.6. The fraction of sp³-hybridized carbons (Fsp3) is 0.0769. The number of carbonyl (C=O) groups is 1. The maximum atomic E-state index is 11.8. The Kier molecular flexibility index (Phi) is 3.14. The molecule has 0 saturated heterocycles. The van der Waals surface area contributed by atoms with Gasteiger partial charge in [0.15, 0.2) is 5.49 Å². The third kappa shape index (κ3) is 2.40. The lowest BCUT2D eigenvalue weighted by Crippen LogP contribution is -2.19. The molecule has 2 N–H and O–H groups in total. The number of hydrogen-bond donors (Lipinski definition) is 2. The lowest BCUT2D eigenvalue weighted by Gasteiger charge is -2.01. The van der Waals surface area contributed by atoms with Crippen LogP contribution in [-0.2, 0) is 0 Å². The molecule has 0 aliphatic heterocycles. The molecule has 0 bridgehead atoms. The molecule has 18 heavy (non-hydrogen) atoms. The number of carbonyl (C=O) groups excluding carboxylic acids is 1. The molecule has 0 aliphatic carbocycles. The van der Waals surface area contributed by atoms with E-state index in [1.807, 2.05) is 6.92 Å². The molecular formula is C13H12N2O3. The lowest BCUT2D eigenvalue weighted by atomic mass is 10.1. The fourth-order valence-electron chi connectivity index (χ4n) is 1.50. The number of aromatic nitrogens is 1. The molecule has 1 heterocycles. The highest BCUT2D eigenvalue weighted by Gasteiger charge is 2.09. The van der Waals surface area contributed by atoms with Gasteiger partial charge in [-0.3, -0.25) is 4.79 Å². The summed E-state index contributed by atoms with van der Waals surface area (Å²) >= 11 is 0. The third-order valence-corrected chi connectivity index (χ3v) is 2.42. The number of benzene rings is 1. The summed E-state index contributed by atoms with van der Waals surface area (Å²) in [6.45, 7) is 1.81. The number of aryl methyl sites for hydroxylation is 1. The molecule has 0 spiro atoms. The number of rotatable bonds is 1. The molecule has 1 aromatic carbocycles. The summed E-state index contributed by atoms with van der Waals surface area (Å²) in [5.74, 6) is -0.731. The molecule has 0 aliphatic rings. The van der Waals surface area contributed by atoms with Crippen LogP contribution in [0.5, 0.6) is 5.75 Å². The average Bonchev–Trinajstić information content (AvgIpc) is 2.32. The van der Waals surface area contributed by atoms with Gasteiger partial charge in [0.2, 0.25) is 0 Å². The quantitative estimate of drug-likeness (QED) is 0.746. The van der Waals surface area contributed by atoms with Gasteiger partial charge >= 0.3 is 0 Å². The van der Waals surface area contributed by atoms with Crippen molar-refractivity contribution < 1.29 is 15.1 Å². The zero-order chi connectivity index (χ0) is 13.1. The predicted octanol–water partition coefficient (Wildman–Crippen LogP) is 1.48. The van der Waals surface area contributed by atoms with Gasteiger partial charge in [-0.2, -0.15) is 9.72 Å². The van der Waals surface area contributed by atoms with E-state index in [1.165, 1.54) is 24.4 Å². The van der Waals surface area contributed by atoms with E-state index in [-0.39, 0.29) is 16.8 Å². The molecule has 0 fully saturated rings. The highest BCUT2D eigenvalue weighted by Crippen LogP contribution is 2.18. The summed E-state index contributed by atoms with van der Waals surface area (Å²) < 4.78 is 0.739. The molecule has 1 amide bonds. The minimum absolute atomic E-state index is 0.0995. The third-order valence-electron chi connectivity index (χ3n) is 2.42. The van der Waals surface area contributed by atoms with E-state index in [0.717, 1.165) is 10.3 Å². The number of pyridine rings is 1. The second kappa shape index (κ2) is 4.75. The van der Waals surface area contributed by atoms with Crippen molar-refractivity contribution in [2.75, 3.05) is 0 Å². The number of phenolic OH excluding ortho intramolecular Hbond substituents is 1. The maximum absolute atomic E-state index is 11.8. The average molecular weight is 244 g/mol. The van der Waals surface area contributed by atoms with Gasteiger partial charge in [0.05, 0.1) is 5.56 Å². The van der Waals surface area contributed by atoms with Crippen LogP contribution in [0.15, 0.2) is 47.6 Å². The van der Waals surface area contributed by atoms with Crippen LogP contribution in [-0.4, -0.2) is 21.0 Å². The van der Waals surface area contributed by atoms with Crippen molar-refractivity contribution in [2.45, 2.75) is 6.92 Å². The largest absolute Gasteiger partial charge is 0.507 e. The molecule has 0 atom stereocenters. The summed E-state index contributed by atoms with van der Waals surface area (Å²) in [7, 11) is 0. The van der Waals surface area contributed by atoms with Gasteiger partial charge in [0.25, 0.3) is 5.91 Å². The molecular weight excluding hydrogens is 232 g/mol. The normalized spacial score (nSPS) is 11.5. The van der Waals surface area contributed by atoms with Crippen LogP contribution < -0.4 is 5.49 Å². The first-order chi connectivity index (χ1) is 8.58. The van der Waals surface area contributed by atoms with Crippen molar-refractivity contribution in [3.63, 3.8) is 0 Å². The SMILES string of the molecule is Cc1ccc(C(=O)N=c2ccccn2O)c(O)c1. The van der Waals surface area contributed by atoms with Crippen LogP contribution >= 0.6 is 0 Å². The zero-order valence-corrected chi connectivity index (χ0v) is 9.74. The highest BCUT2D eigenvalue weighted by molar-refractivity contribution is 5.97. The molecule has 1 aromatic heterocycles. The second-order valence-corrected chi connectivity index (χ2v) is 3.84.